The Balaban J connectivity index is 1.49. The molecular formula is C25H24N2O2S. The Kier molecular flexibility index (Phi) is 5.91. The molecule has 1 fully saturated rings. The van der Waals surface area contributed by atoms with Crippen molar-refractivity contribution in [1.29, 1.82) is 0 Å². The number of nitrogens with one attached hydrogen (secondary N) is 1. The van der Waals surface area contributed by atoms with Gasteiger partial charge in [0.2, 0.25) is 5.91 Å². The number of carbonyl (C=O) groups excluding carboxylic acids is 2. The molecule has 0 spiro atoms. The highest BCUT2D eigenvalue weighted by molar-refractivity contribution is 8.00. The van der Waals surface area contributed by atoms with Gasteiger partial charge in [-0.2, -0.15) is 0 Å². The van der Waals surface area contributed by atoms with Crippen molar-refractivity contribution < 1.29 is 9.59 Å². The fourth-order valence-corrected chi connectivity index (χ4v) is 4.75. The van der Waals surface area contributed by atoms with Gasteiger partial charge in [-0.15, -0.1) is 11.8 Å². The Labute approximate surface area is 181 Å². The molecule has 5 heteroatoms. The van der Waals surface area contributed by atoms with Gasteiger partial charge in [0.05, 0.1) is 5.75 Å². The predicted molar refractivity (Wildman–Crippen MR) is 123 cm³/mol. The third-order valence-electron chi connectivity index (χ3n) is 5.47. The van der Waals surface area contributed by atoms with Crippen molar-refractivity contribution in [2.45, 2.75) is 25.8 Å². The summed E-state index contributed by atoms with van der Waals surface area (Å²) in [5.41, 5.74) is 5.79. The molecule has 1 atom stereocenters. The lowest BCUT2D eigenvalue weighted by molar-refractivity contribution is -0.128. The summed E-state index contributed by atoms with van der Waals surface area (Å²) < 4.78 is 0. The minimum Gasteiger partial charge on any atom is -0.322 e. The first-order chi connectivity index (χ1) is 14.5. The van der Waals surface area contributed by atoms with Crippen molar-refractivity contribution in [3.05, 3.63) is 101 Å². The molecule has 0 aromatic heterocycles. The molecule has 0 aliphatic carbocycles. The summed E-state index contributed by atoms with van der Waals surface area (Å²) in [5, 5.41) is 2.96. The van der Waals surface area contributed by atoms with E-state index in [1.165, 1.54) is 0 Å². The molecule has 30 heavy (non-hydrogen) atoms. The van der Waals surface area contributed by atoms with E-state index in [2.05, 4.69) is 5.32 Å². The molecule has 0 unspecified atom stereocenters. The molecule has 1 saturated heterocycles. The smallest absolute Gasteiger partial charge is 0.255 e. The standard InChI is InChI=1S/C25H24N2O2S/c1-17-7-6-10-22(18(17)2)26-24(29)20-11-13-21(14-12-20)25-27(23(28)16-30-25)15-19-8-4-3-5-9-19/h3-14,25H,15-16H2,1-2H3,(H,26,29)/t25-/m1/s1. The summed E-state index contributed by atoms with van der Waals surface area (Å²) in [5.74, 6) is 0.490. The van der Waals surface area contributed by atoms with Gasteiger partial charge in [-0.1, -0.05) is 54.6 Å². The maximum absolute atomic E-state index is 12.7. The fourth-order valence-electron chi connectivity index (χ4n) is 3.56. The van der Waals surface area contributed by atoms with Crippen molar-refractivity contribution >= 4 is 29.3 Å². The topological polar surface area (TPSA) is 49.4 Å². The molecule has 0 radical (unpaired) electrons. The van der Waals surface area contributed by atoms with Crippen molar-refractivity contribution in [3.8, 4) is 0 Å². The average molecular weight is 417 g/mol. The van der Waals surface area contributed by atoms with E-state index in [9.17, 15) is 9.59 Å². The summed E-state index contributed by atoms with van der Waals surface area (Å²) >= 11 is 1.63. The molecule has 0 saturated carbocycles. The molecule has 2 amide bonds. The van der Waals surface area contributed by atoms with Crippen molar-refractivity contribution in [2.24, 2.45) is 0 Å². The maximum atomic E-state index is 12.7. The minimum absolute atomic E-state index is 0.0335. The summed E-state index contributed by atoms with van der Waals surface area (Å²) in [6.45, 7) is 4.62. The van der Waals surface area contributed by atoms with E-state index in [4.69, 9.17) is 0 Å². The fraction of sp³-hybridized carbons (Fsp3) is 0.200. The second-order valence-corrected chi connectivity index (χ2v) is 8.56. The summed E-state index contributed by atoms with van der Waals surface area (Å²) in [6, 6.07) is 23.5. The zero-order valence-electron chi connectivity index (χ0n) is 17.1. The molecule has 3 aromatic rings. The largest absolute Gasteiger partial charge is 0.322 e. The van der Waals surface area contributed by atoms with Gasteiger partial charge in [-0.25, -0.2) is 0 Å². The highest BCUT2D eigenvalue weighted by Crippen LogP contribution is 2.39. The Bertz CT molecular complexity index is 1060. The maximum Gasteiger partial charge on any atom is 0.255 e. The van der Waals surface area contributed by atoms with E-state index in [0.717, 1.165) is 27.9 Å². The highest BCUT2D eigenvalue weighted by Gasteiger charge is 2.32. The summed E-state index contributed by atoms with van der Waals surface area (Å²) in [7, 11) is 0. The molecule has 0 bridgehead atoms. The van der Waals surface area contributed by atoms with Crippen molar-refractivity contribution in [1.82, 2.24) is 4.90 Å². The van der Waals surface area contributed by atoms with Gasteiger partial charge in [0.15, 0.2) is 0 Å². The lowest BCUT2D eigenvalue weighted by Gasteiger charge is -2.24. The second kappa shape index (κ2) is 8.76. The summed E-state index contributed by atoms with van der Waals surface area (Å²) in [6.07, 6.45) is 0. The van der Waals surface area contributed by atoms with Gasteiger partial charge >= 0.3 is 0 Å². The van der Waals surface area contributed by atoms with Crippen LogP contribution in [0.2, 0.25) is 0 Å². The number of benzene rings is 3. The van der Waals surface area contributed by atoms with Crippen LogP contribution in [-0.4, -0.2) is 22.5 Å². The van der Waals surface area contributed by atoms with Gasteiger partial charge in [0.1, 0.15) is 5.37 Å². The van der Waals surface area contributed by atoms with Gasteiger partial charge in [0.25, 0.3) is 5.91 Å². The van der Waals surface area contributed by atoms with Crippen LogP contribution in [0.25, 0.3) is 0 Å². The van der Waals surface area contributed by atoms with E-state index in [1.54, 1.807) is 11.8 Å². The number of carbonyl (C=O) groups is 2. The number of anilines is 1. The zero-order chi connectivity index (χ0) is 21.1. The van der Waals surface area contributed by atoms with Crippen molar-refractivity contribution in [3.63, 3.8) is 0 Å². The molecular weight excluding hydrogens is 392 g/mol. The van der Waals surface area contributed by atoms with Crippen LogP contribution in [0.3, 0.4) is 0 Å². The molecule has 3 aromatic carbocycles. The number of thioether (sulfide) groups is 1. The quantitative estimate of drug-likeness (QED) is 0.612. The number of hydrogen-bond acceptors (Lipinski definition) is 3. The molecule has 1 heterocycles. The Hall–Kier alpha value is -3.05. The average Bonchev–Trinajstić information content (AvgIpc) is 3.12. The monoisotopic (exact) mass is 416 g/mol. The van der Waals surface area contributed by atoms with Crippen molar-refractivity contribution in [2.75, 3.05) is 11.1 Å². The first-order valence-corrected chi connectivity index (χ1v) is 11.0. The van der Waals surface area contributed by atoms with Crippen LogP contribution in [0.4, 0.5) is 5.69 Å². The number of amides is 2. The predicted octanol–water partition coefficient (Wildman–Crippen LogP) is 5.33. The third-order valence-corrected chi connectivity index (χ3v) is 6.73. The van der Waals surface area contributed by atoms with Crippen LogP contribution in [0, 0.1) is 13.8 Å². The molecule has 1 N–H and O–H groups in total. The highest BCUT2D eigenvalue weighted by atomic mass is 32.2. The van der Waals surface area contributed by atoms with E-state index < -0.39 is 0 Å². The molecule has 152 valence electrons. The third kappa shape index (κ3) is 4.26. The van der Waals surface area contributed by atoms with Gasteiger partial charge < -0.3 is 10.2 Å². The van der Waals surface area contributed by atoms with E-state index in [1.807, 2.05) is 91.5 Å². The lowest BCUT2D eigenvalue weighted by atomic mass is 10.1. The van der Waals surface area contributed by atoms with E-state index >= 15 is 0 Å². The van der Waals surface area contributed by atoms with Crippen LogP contribution in [-0.2, 0) is 11.3 Å². The zero-order valence-corrected chi connectivity index (χ0v) is 17.9. The van der Waals surface area contributed by atoms with Crippen LogP contribution in [0.1, 0.15) is 38.0 Å². The van der Waals surface area contributed by atoms with E-state index in [-0.39, 0.29) is 17.2 Å². The van der Waals surface area contributed by atoms with Crippen LogP contribution < -0.4 is 5.32 Å². The van der Waals surface area contributed by atoms with Crippen LogP contribution in [0.15, 0.2) is 72.8 Å². The molecule has 1 aliphatic heterocycles. The van der Waals surface area contributed by atoms with E-state index in [0.29, 0.717) is 17.9 Å². The Morgan fingerprint density at radius 2 is 1.73 bits per heavy atom. The number of rotatable bonds is 5. The number of nitrogens with zero attached hydrogens (tertiary/aromatic N) is 1. The molecule has 4 rings (SSSR count). The number of aryl methyl sites for hydroxylation is 1. The Morgan fingerprint density at radius 3 is 2.47 bits per heavy atom. The SMILES string of the molecule is Cc1cccc(NC(=O)c2ccc([C@H]3SCC(=O)N3Cc3ccccc3)cc2)c1C. The Morgan fingerprint density at radius 1 is 1.00 bits per heavy atom. The van der Waals surface area contributed by atoms with Gasteiger partial charge in [0, 0.05) is 17.8 Å². The normalized spacial score (nSPS) is 16.0. The first kappa shape index (κ1) is 20.2. The van der Waals surface area contributed by atoms with Crippen LogP contribution in [0.5, 0.6) is 0 Å². The van der Waals surface area contributed by atoms with Gasteiger partial charge in [-0.05, 0) is 54.3 Å². The lowest BCUT2D eigenvalue weighted by Crippen LogP contribution is -2.27. The van der Waals surface area contributed by atoms with Gasteiger partial charge in [-0.3, -0.25) is 9.59 Å². The first-order valence-electron chi connectivity index (χ1n) is 9.95. The summed E-state index contributed by atoms with van der Waals surface area (Å²) in [4.78, 5) is 27.0. The number of hydrogen-bond donors (Lipinski definition) is 1. The van der Waals surface area contributed by atoms with Crippen LogP contribution >= 0.6 is 11.8 Å². The molecule has 4 nitrogen and oxygen atoms in total. The minimum atomic E-state index is -0.133. The second-order valence-electron chi connectivity index (χ2n) is 7.49. The molecule has 1 aliphatic rings.